The highest BCUT2D eigenvalue weighted by Gasteiger charge is 2.42. The summed E-state index contributed by atoms with van der Waals surface area (Å²) in [5.74, 6) is -0.526. The van der Waals surface area contributed by atoms with Crippen molar-refractivity contribution in [2.24, 2.45) is 17.1 Å². The molecule has 2 saturated carbocycles. The molecule has 0 saturated heterocycles. The highest BCUT2D eigenvalue weighted by Crippen LogP contribution is 2.39. The van der Waals surface area contributed by atoms with Gasteiger partial charge >= 0.3 is 5.97 Å². The lowest BCUT2D eigenvalue weighted by Gasteiger charge is -2.28. The lowest BCUT2D eigenvalue weighted by molar-refractivity contribution is -0.138. The van der Waals surface area contributed by atoms with Crippen LogP contribution in [-0.4, -0.2) is 29.6 Å². The number of amides is 1. The van der Waals surface area contributed by atoms with Crippen LogP contribution in [0.3, 0.4) is 0 Å². The average molecular weight is 254 g/mol. The number of carbonyl (C=O) groups is 2. The number of nitrogens with two attached hydrogens (primary N) is 1. The predicted molar refractivity (Wildman–Crippen MR) is 66.9 cm³/mol. The highest BCUT2D eigenvalue weighted by molar-refractivity contribution is 5.84. The second-order valence-electron chi connectivity index (χ2n) is 5.71. The molecule has 2 aliphatic rings. The molecule has 2 aliphatic carbocycles. The van der Waals surface area contributed by atoms with Gasteiger partial charge in [0.05, 0.1) is 11.8 Å². The van der Waals surface area contributed by atoms with E-state index in [2.05, 4.69) is 5.32 Å². The van der Waals surface area contributed by atoms with Crippen LogP contribution in [0, 0.1) is 11.3 Å². The van der Waals surface area contributed by atoms with Crippen molar-refractivity contribution in [2.45, 2.75) is 51.0 Å². The molecule has 5 heteroatoms. The zero-order valence-corrected chi connectivity index (χ0v) is 10.7. The molecule has 0 aromatic heterocycles. The van der Waals surface area contributed by atoms with Crippen LogP contribution in [0.5, 0.6) is 0 Å². The van der Waals surface area contributed by atoms with Gasteiger partial charge in [-0.3, -0.25) is 9.59 Å². The molecule has 0 bridgehead atoms. The first-order valence-corrected chi connectivity index (χ1v) is 6.80. The Hall–Kier alpha value is -1.10. The summed E-state index contributed by atoms with van der Waals surface area (Å²) in [5.41, 5.74) is 5.32. The minimum atomic E-state index is -0.847. The fourth-order valence-electron chi connectivity index (χ4n) is 2.92. The number of carboxylic acids is 1. The maximum Gasteiger partial charge on any atom is 0.305 e. The molecule has 0 aromatic rings. The fraction of sp³-hybridized carbons (Fsp3) is 0.846. The second-order valence-corrected chi connectivity index (χ2v) is 5.71. The van der Waals surface area contributed by atoms with Crippen LogP contribution < -0.4 is 11.1 Å². The minimum absolute atomic E-state index is 0.0249. The third kappa shape index (κ3) is 2.83. The Kier molecular flexibility index (Phi) is 3.90. The van der Waals surface area contributed by atoms with E-state index < -0.39 is 11.4 Å². The van der Waals surface area contributed by atoms with Gasteiger partial charge in [0.25, 0.3) is 0 Å². The van der Waals surface area contributed by atoms with Crippen LogP contribution in [0.15, 0.2) is 0 Å². The van der Waals surface area contributed by atoms with Gasteiger partial charge in [-0.2, -0.15) is 0 Å². The Balaban J connectivity index is 1.97. The van der Waals surface area contributed by atoms with E-state index in [0.717, 1.165) is 38.5 Å². The van der Waals surface area contributed by atoms with Crippen molar-refractivity contribution in [1.82, 2.24) is 5.32 Å². The topological polar surface area (TPSA) is 92.4 Å². The summed E-state index contributed by atoms with van der Waals surface area (Å²) >= 11 is 0. The molecule has 0 aliphatic heterocycles. The molecule has 5 nitrogen and oxygen atoms in total. The third-order valence-electron chi connectivity index (χ3n) is 4.34. The van der Waals surface area contributed by atoms with Crippen molar-refractivity contribution < 1.29 is 14.7 Å². The third-order valence-corrected chi connectivity index (χ3v) is 4.34. The van der Waals surface area contributed by atoms with E-state index in [9.17, 15) is 9.59 Å². The van der Waals surface area contributed by atoms with E-state index in [4.69, 9.17) is 10.8 Å². The average Bonchev–Trinajstić information content (AvgIpc) is 3.05. The van der Waals surface area contributed by atoms with Gasteiger partial charge in [0.2, 0.25) is 5.91 Å². The zero-order chi connectivity index (χ0) is 13.2. The second kappa shape index (κ2) is 5.26. The minimum Gasteiger partial charge on any atom is -0.481 e. The first-order valence-electron chi connectivity index (χ1n) is 6.80. The highest BCUT2D eigenvalue weighted by atomic mass is 16.4. The summed E-state index contributed by atoms with van der Waals surface area (Å²) in [6, 6.07) is -0.209. The molecule has 1 amide bonds. The van der Waals surface area contributed by atoms with Crippen LogP contribution in [0.25, 0.3) is 0 Å². The number of hydrogen-bond donors (Lipinski definition) is 3. The summed E-state index contributed by atoms with van der Waals surface area (Å²) in [7, 11) is 0. The molecule has 0 spiro atoms. The van der Waals surface area contributed by atoms with Crippen LogP contribution in [-0.2, 0) is 9.59 Å². The molecular formula is C13H22N2O3. The Morgan fingerprint density at radius 3 is 2.39 bits per heavy atom. The van der Waals surface area contributed by atoms with Gasteiger partial charge in [0.15, 0.2) is 0 Å². The zero-order valence-electron chi connectivity index (χ0n) is 10.7. The molecule has 1 unspecified atom stereocenters. The van der Waals surface area contributed by atoms with Crippen LogP contribution in [0.2, 0.25) is 0 Å². The van der Waals surface area contributed by atoms with E-state index in [0.29, 0.717) is 12.5 Å². The molecule has 0 radical (unpaired) electrons. The van der Waals surface area contributed by atoms with Gasteiger partial charge in [-0.05, 0) is 31.6 Å². The molecule has 18 heavy (non-hydrogen) atoms. The number of rotatable bonds is 6. The largest absolute Gasteiger partial charge is 0.481 e. The normalized spacial score (nSPS) is 23.6. The molecule has 2 fully saturated rings. The van der Waals surface area contributed by atoms with Crippen molar-refractivity contribution >= 4 is 11.9 Å². The quantitative estimate of drug-likeness (QED) is 0.656. The summed E-state index contributed by atoms with van der Waals surface area (Å²) < 4.78 is 0. The van der Waals surface area contributed by atoms with Crippen molar-refractivity contribution in [3.63, 3.8) is 0 Å². The molecule has 0 aromatic carbocycles. The monoisotopic (exact) mass is 254 g/mol. The number of carbonyl (C=O) groups excluding carboxylic acids is 1. The first-order chi connectivity index (χ1) is 8.57. The van der Waals surface area contributed by atoms with Gasteiger partial charge in [-0.15, -0.1) is 0 Å². The Morgan fingerprint density at radius 1 is 1.33 bits per heavy atom. The van der Waals surface area contributed by atoms with Crippen LogP contribution >= 0.6 is 0 Å². The van der Waals surface area contributed by atoms with Gasteiger partial charge in [0.1, 0.15) is 0 Å². The number of nitrogens with one attached hydrogen (secondary N) is 1. The smallest absolute Gasteiger partial charge is 0.305 e. The van der Waals surface area contributed by atoms with Gasteiger partial charge < -0.3 is 16.2 Å². The lowest BCUT2D eigenvalue weighted by atomic mass is 9.85. The standard InChI is InChI=1S/C13H22N2O3/c14-8-13(5-1-2-6-13)12(18)15-10(7-11(16)17)9-3-4-9/h9-10H,1-8,14H2,(H,15,18)(H,16,17). The van der Waals surface area contributed by atoms with Crippen molar-refractivity contribution in [3.05, 3.63) is 0 Å². The Bertz CT molecular complexity index is 333. The van der Waals surface area contributed by atoms with Crippen molar-refractivity contribution in [1.29, 1.82) is 0 Å². The maximum atomic E-state index is 12.3. The fourth-order valence-corrected chi connectivity index (χ4v) is 2.92. The van der Waals surface area contributed by atoms with Crippen molar-refractivity contribution in [2.75, 3.05) is 6.54 Å². The SMILES string of the molecule is NCC1(C(=O)NC(CC(=O)O)C2CC2)CCCC1. The van der Waals surface area contributed by atoms with Gasteiger partial charge in [-0.1, -0.05) is 12.8 Å². The number of hydrogen-bond acceptors (Lipinski definition) is 3. The van der Waals surface area contributed by atoms with E-state index in [1.54, 1.807) is 0 Å². The molecule has 2 rings (SSSR count). The van der Waals surface area contributed by atoms with Crippen LogP contribution in [0.4, 0.5) is 0 Å². The van der Waals surface area contributed by atoms with Gasteiger partial charge in [0, 0.05) is 12.6 Å². The van der Waals surface area contributed by atoms with Crippen LogP contribution in [0.1, 0.15) is 44.9 Å². The number of aliphatic carboxylic acids is 1. The lowest BCUT2D eigenvalue weighted by Crippen LogP contribution is -2.49. The molecule has 102 valence electrons. The van der Waals surface area contributed by atoms with E-state index in [1.807, 2.05) is 0 Å². The Labute approximate surface area is 107 Å². The molecule has 0 heterocycles. The van der Waals surface area contributed by atoms with Crippen molar-refractivity contribution in [3.8, 4) is 0 Å². The molecule has 1 atom stereocenters. The van der Waals surface area contributed by atoms with E-state index >= 15 is 0 Å². The molecular weight excluding hydrogens is 232 g/mol. The predicted octanol–water partition coefficient (Wildman–Crippen LogP) is 0.875. The molecule has 4 N–H and O–H groups in total. The summed E-state index contributed by atoms with van der Waals surface area (Å²) in [4.78, 5) is 23.2. The summed E-state index contributed by atoms with van der Waals surface area (Å²) in [6.07, 6.45) is 5.81. The Morgan fingerprint density at radius 2 is 1.94 bits per heavy atom. The first kappa shape index (κ1) is 13.3. The van der Waals surface area contributed by atoms with E-state index in [-0.39, 0.29) is 18.4 Å². The maximum absolute atomic E-state index is 12.3. The summed E-state index contributed by atoms with van der Waals surface area (Å²) in [6.45, 7) is 0.364. The number of carboxylic acid groups (broad SMARTS) is 1. The van der Waals surface area contributed by atoms with E-state index in [1.165, 1.54) is 0 Å². The summed E-state index contributed by atoms with van der Waals surface area (Å²) in [5, 5.41) is 11.8. The van der Waals surface area contributed by atoms with Gasteiger partial charge in [-0.25, -0.2) is 0 Å².